The van der Waals surface area contributed by atoms with Gasteiger partial charge in [0.25, 0.3) is 0 Å². The second kappa shape index (κ2) is 7.19. The van der Waals surface area contributed by atoms with Gasteiger partial charge in [0.05, 0.1) is 12.8 Å². The van der Waals surface area contributed by atoms with Crippen LogP contribution in [0.25, 0.3) is 0 Å². The first-order valence-corrected chi connectivity index (χ1v) is 9.93. The molecule has 8 nitrogen and oxygen atoms in total. The Labute approximate surface area is 181 Å². The van der Waals surface area contributed by atoms with Gasteiger partial charge in [0.15, 0.2) is 17.3 Å². The molecule has 2 unspecified atom stereocenters. The molecule has 5 rings (SSSR count). The summed E-state index contributed by atoms with van der Waals surface area (Å²) in [5.41, 5.74) is 1.46. The molecule has 2 heterocycles. The standard InChI is InChI=1S/C24H18O8/c25-13-4-1-11(2-5-13)14-8-21(29)32-19-10-20-23(24(30)22(14)19)17(28)9-18(31-20)12-3-6-15(26)16(27)7-12/h1-7,10,14,18,25-27,30H,8-9H2. The first-order valence-electron chi connectivity index (χ1n) is 9.93. The molecule has 162 valence electrons. The van der Waals surface area contributed by atoms with Crippen molar-refractivity contribution in [2.75, 3.05) is 0 Å². The highest BCUT2D eigenvalue weighted by Gasteiger charge is 2.38. The van der Waals surface area contributed by atoms with Crippen LogP contribution in [0.5, 0.6) is 34.5 Å². The van der Waals surface area contributed by atoms with Crippen LogP contribution < -0.4 is 9.47 Å². The fraction of sp³-hybridized carbons (Fsp3) is 0.167. The van der Waals surface area contributed by atoms with Crippen molar-refractivity contribution in [1.29, 1.82) is 0 Å². The third-order valence-electron chi connectivity index (χ3n) is 5.79. The number of phenols is 4. The second-order valence-corrected chi connectivity index (χ2v) is 7.81. The van der Waals surface area contributed by atoms with Crippen molar-refractivity contribution in [1.82, 2.24) is 0 Å². The van der Waals surface area contributed by atoms with Gasteiger partial charge in [-0.1, -0.05) is 18.2 Å². The minimum absolute atomic E-state index is 0.00438. The molecule has 4 N–H and O–H groups in total. The lowest BCUT2D eigenvalue weighted by molar-refractivity contribution is -0.135. The average molecular weight is 434 g/mol. The number of fused-ring (bicyclic) bond motifs is 2. The molecule has 0 saturated carbocycles. The molecule has 3 aromatic rings. The molecule has 2 aliphatic heterocycles. The van der Waals surface area contributed by atoms with E-state index in [1.807, 2.05) is 0 Å². The Kier molecular flexibility index (Phi) is 4.44. The molecule has 0 aliphatic carbocycles. The summed E-state index contributed by atoms with van der Waals surface area (Å²) in [6.07, 6.45) is -0.881. The number of ether oxygens (including phenoxy) is 2. The Morgan fingerprint density at radius 3 is 2.22 bits per heavy atom. The van der Waals surface area contributed by atoms with E-state index in [1.165, 1.54) is 36.4 Å². The molecule has 0 bridgehead atoms. The normalized spacial score (nSPS) is 19.5. The van der Waals surface area contributed by atoms with Crippen LogP contribution in [0.15, 0.2) is 48.5 Å². The Morgan fingerprint density at radius 2 is 1.50 bits per heavy atom. The van der Waals surface area contributed by atoms with Crippen molar-refractivity contribution in [3.05, 3.63) is 70.8 Å². The molecule has 32 heavy (non-hydrogen) atoms. The number of carbonyl (C=O) groups is 2. The van der Waals surface area contributed by atoms with Crippen molar-refractivity contribution in [3.8, 4) is 34.5 Å². The number of carbonyl (C=O) groups excluding carboxylic acids is 2. The zero-order valence-corrected chi connectivity index (χ0v) is 16.6. The Bertz CT molecular complexity index is 1260. The van der Waals surface area contributed by atoms with E-state index < -0.39 is 18.0 Å². The number of hydrogen-bond donors (Lipinski definition) is 4. The van der Waals surface area contributed by atoms with Gasteiger partial charge in [-0.2, -0.15) is 0 Å². The SMILES string of the molecule is O=C1CC(c2ccc(O)cc2)c2c(cc3c(c2O)C(=O)CC(c2ccc(O)c(O)c2)O3)O1. The summed E-state index contributed by atoms with van der Waals surface area (Å²) in [5, 5.41) is 39.9. The predicted molar refractivity (Wildman–Crippen MR) is 110 cm³/mol. The van der Waals surface area contributed by atoms with Gasteiger partial charge < -0.3 is 29.9 Å². The highest BCUT2D eigenvalue weighted by atomic mass is 16.5. The molecule has 8 heteroatoms. The van der Waals surface area contributed by atoms with Crippen molar-refractivity contribution < 1.29 is 39.5 Å². The van der Waals surface area contributed by atoms with Gasteiger partial charge in [-0.25, -0.2) is 0 Å². The molecule has 0 saturated heterocycles. The van der Waals surface area contributed by atoms with E-state index in [-0.39, 0.29) is 58.7 Å². The van der Waals surface area contributed by atoms with Gasteiger partial charge in [-0.15, -0.1) is 0 Å². The molecule has 3 aromatic carbocycles. The molecular formula is C24H18O8. The number of Topliss-reactive ketones (excluding diaryl/α,β-unsaturated/α-hetero) is 1. The number of benzene rings is 3. The van der Waals surface area contributed by atoms with Crippen LogP contribution in [0, 0.1) is 0 Å². The van der Waals surface area contributed by atoms with Crippen LogP contribution in [-0.4, -0.2) is 32.2 Å². The smallest absolute Gasteiger partial charge is 0.312 e. The number of ketones is 1. The summed E-state index contributed by atoms with van der Waals surface area (Å²) in [5.74, 6) is -2.15. The first kappa shape index (κ1) is 19.7. The van der Waals surface area contributed by atoms with E-state index in [4.69, 9.17) is 9.47 Å². The molecule has 2 aliphatic rings. The van der Waals surface area contributed by atoms with Crippen molar-refractivity contribution in [2.24, 2.45) is 0 Å². The first-order chi connectivity index (χ1) is 15.3. The number of rotatable bonds is 2. The van der Waals surface area contributed by atoms with Gasteiger partial charge in [0.1, 0.15) is 34.7 Å². The number of aromatic hydroxyl groups is 4. The Morgan fingerprint density at radius 1 is 0.781 bits per heavy atom. The van der Waals surface area contributed by atoms with Crippen LogP contribution in [-0.2, 0) is 4.79 Å². The molecule has 0 amide bonds. The maximum Gasteiger partial charge on any atom is 0.312 e. The summed E-state index contributed by atoms with van der Waals surface area (Å²) >= 11 is 0. The van der Waals surface area contributed by atoms with E-state index in [1.54, 1.807) is 12.1 Å². The monoisotopic (exact) mass is 434 g/mol. The Balaban J connectivity index is 1.59. The number of esters is 1. The third kappa shape index (κ3) is 3.17. The molecule has 0 radical (unpaired) electrons. The lowest BCUT2D eigenvalue weighted by Crippen LogP contribution is -2.25. The van der Waals surface area contributed by atoms with E-state index >= 15 is 0 Å². The maximum absolute atomic E-state index is 13.0. The lowest BCUT2D eigenvalue weighted by atomic mass is 9.83. The Hall–Kier alpha value is -4.20. The number of hydrogen-bond acceptors (Lipinski definition) is 8. The minimum Gasteiger partial charge on any atom is -0.508 e. The average Bonchev–Trinajstić information content (AvgIpc) is 2.75. The molecule has 2 atom stereocenters. The fourth-order valence-corrected chi connectivity index (χ4v) is 4.24. The lowest BCUT2D eigenvalue weighted by Gasteiger charge is -2.31. The highest BCUT2D eigenvalue weighted by molar-refractivity contribution is 6.03. The highest BCUT2D eigenvalue weighted by Crippen LogP contribution is 2.51. The number of phenolic OH excluding ortho intramolecular Hbond substituents is 4. The van der Waals surface area contributed by atoms with Crippen LogP contribution in [0.3, 0.4) is 0 Å². The minimum atomic E-state index is -0.758. The van der Waals surface area contributed by atoms with E-state index in [2.05, 4.69) is 0 Å². The van der Waals surface area contributed by atoms with E-state index in [0.29, 0.717) is 16.7 Å². The van der Waals surface area contributed by atoms with Crippen LogP contribution in [0.2, 0.25) is 0 Å². The summed E-state index contributed by atoms with van der Waals surface area (Å²) in [7, 11) is 0. The van der Waals surface area contributed by atoms with Crippen molar-refractivity contribution >= 4 is 11.8 Å². The third-order valence-corrected chi connectivity index (χ3v) is 5.79. The fourth-order valence-electron chi connectivity index (χ4n) is 4.24. The molecule has 0 aromatic heterocycles. The topological polar surface area (TPSA) is 134 Å². The zero-order valence-electron chi connectivity index (χ0n) is 16.6. The van der Waals surface area contributed by atoms with Gasteiger partial charge in [-0.05, 0) is 35.4 Å². The summed E-state index contributed by atoms with van der Waals surface area (Å²) in [6.45, 7) is 0. The zero-order chi connectivity index (χ0) is 22.6. The van der Waals surface area contributed by atoms with Crippen LogP contribution in [0.1, 0.15) is 51.9 Å². The molecule has 0 fully saturated rings. The maximum atomic E-state index is 13.0. The molecule has 0 spiro atoms. The largest absolute Gasteiger partial charge is 0.508 e. The van der Waals surface area contributed by atoms with Crippen molar-refractivity contribution in [2.45, 2.75) is 24.9 Å². The van der Waals surface area contributed by atoms with Gasteiger partial charge in [-0.3, -0.25) is 9.59 Å². The predicted octanol–water partition coefficient (Wildman–Crippen LogP) is 3.66. The van der Waals surface area contributed by atoms with Crippen molar-refractivity contribution in [3.63, 3.8) is 0 Å². The quantitative estimate of drug-likeness (QED) is 0.273. The van der Waals surface area contributed by atoms with Gasteiger partial charge >= 0.3 is 5.97 Å². The van der Waals surface area contributed by atoms with Crippen LogP contribution >= 0.6 is 0 Å². The van der Waals surface area contributed by atoms with E-state index in [9.17, 15) is 30.0 Å². The summed E-state index contributed by atoms with van der Waals surface area (Å²) in [6, 6.07) is 11.8. The second-order valence-electron chi connectivity index (χ2n) is 7.81. The van der Waals surface area contributed by atoms with Gasteiger partial charge in [0, 0.05) is 17.5 Å². The van der Waals surface area contributed by atoms with E-state index in [0.717, 1.165) is 0 Å². The van der Waals surface area contributed by atoms with Gasteiger partial charge in [0.2, 0.25) is 0 Å². The summed E-state index contributed by atoms with van der Waals surface area (Å²) < 4.78 is 11.3. The van der Waals surface area contributed by atoms with Crippen LogP contribution in [0.4, 0.5) is 0 Å². The molecular weight excluding hydrogens is 416 g/mol. The summed E-state index contributed by atoms with van der Waals surface area (Å²) in [4.78, 5) is 25.3.